The topological polar surface area (TPSA) is 51.0 Å². The third-order valence-corrected chi connectivity index (χ3v) is 6.24. The highest BCUT2D eigenvalue weighted by molar-refractivity contribution is 8.00. The maximum atomic E-state index is 13.1. The minimum Gasteiger partial charge on any atom is -0.311 e. The van der Waals surface area contributed by atoms with E-state index in [1.807, 2.05) is 58.9 Å². The van der Waals surface area contributed by atoms with Gasteiger partial charge in [0.25, 0.3) is 0 Å². The van der Waals surface area contributed by atoms with Gasteiger partial charge in [0.1, 0.15) is 0 Å². The summed E-state index contributed by atoms with van der Waals surface area (Å²) in [6.07, 6.45) is 0.908. The molecule has 1 atom stereocenters. The summed E-state index contributed by atoms with van der Waals surface area (Å²) in [6.45, 7) is 5.45. The van der Waals surface area contributed by atoms with Gasteiger partial charge in [0, 0.05) is 29.4 Å². The van der Waals surface area contributed by atoms with Crippen molar-refractivity contribution in [1.82, 2.24) is 14.8 Å². The molecule has 144 valence electrons. The Morgan fingerprint density at radius 1 is 1.18 bits per heavy atom. The Morgan fingerprint density at radius 3 is 2.68 bits per heavy atom. The molecule has 0 unspecified atom stereocenters. The van der Waals surface area contributed by atoms with E-state index in [-0.39, 0.29) is 11.2 Å². The van der Waals surface area contributed by atoms with Crippen LogP contribution in [0.15, 0.2) is 53.7 Å². The van der Waals surface area contributed by atoms with Gasteiger partial charge in [-0.2, -0.15) is 0 Å². The number of carbonyl (C=O) groups excluding carboxylic acids is 1. The summed E-state index contributed by atoms with van der Waals surface area (Å²) >= 11 is 7.45. The first kappa shape index (κ1) is 19.0. The smallest absolute Gasteiger partial charge is 0.240 e. The van der Waals surface area contributed by atoms with Gasteiger partial charge in [-0.15, -0.1) is 10.2 Å². The number of fused-ring (bicyclic) bond motifs is 1. The molecular weight excluding hydrogens is 392 g/mol. The molecule has 0 aliphatic carbocycles. The van der Waals surface area contributed by atoms with E-state index < -0.39 is 0 Å². The maximum absolute atomic E-state index is 13.1. The van der Waals surface area contributed by atoms with Crippen LogP contribution in [0.2, 0.25) is 5.02 Å². The Kier molecular flexibility index (Phi) is 5.42. The number of halogens is 1. The minimum absolute atomic E-state index is 0.105. The number of hydrogen-bond donors (Lipinski definition) is 0. The summed E-state index contributed by atoms with van der Waals surface area (Å²) in [6, 6.07) is 15.7. The Morgan fingerprint density at radius 2 is 1.93 bits per heavy atom. The lowest BCUT2D eigenvalue weighted by molar-refractivity contribution is -0.117. The number of nitrogens with zero attached hydrogens (tertiary/aromatic N) is 4. The van der Waals surface area contributed by atoms with Gasteiger partial charge in [-0.1, -0.05) is 41.6 Å². The number of thioether (sulfide) groups is 1. The summed E-state index contributed by atoms with van der Waals surface area (Å²) in [5.41, 5.74) is 3.21. The van der Waals surface area contributed by atoms with Crippen LogP contribution in [0.4, 0.5) is 5.69 Å². The van der Waals surface area contributed by atoms with Crippen molar-refractivity contribution < 1.29 is 4.79 Å². The first-order valence-corrected chi connectivity index (χ1v) is 10.6. The molecule has 1 amide bonds. The lowest BCUT2D eigenvalue weighted by Crippen LogP contribution is -2.35. The third-order valence-electron chi connectivity index (χ3n) is 4.92. The van der Waals surface area contributed by atoms with Crippen LogP contribution in [0.1, 0.15) is 19.4 Å². The Bertz CT molecular complexity index is 1000. The SMILES string of the molecule is CCn1c(S[C@H](C)C(=O)N2CCc3ccccc32)nnc1-c1ccc(Cl)cc1. The van der Waals surface area contributed by atoms with Gasteiger partial charge >= 0.3 is 0 Å². The van der Waals surface area contributed by atoms with Crippen molar-refractivity contribution in [2.75, 3.05) is 11.4 Å². The number of hydrogen-bond acceptors (Lipinski definition) is 4. The molecule has 0 fully saturated rings. The van der Waals surface area contributed by atoms with Gasteiger partial charge in [-0.25, -0.2) is 0 Å². The molecular formula is C21H21ClN4OS. The van der Waals surface area contributed by atoms with Gasteiger partial charge < -0.3 is 9.47 Å². The molecule has 0 saturated heterocycles. The standard InChI is InChI=1S/C21H21ClN4OS/c1-3-25-19(16-8-10-17(22)11-9-16)23-24-21(25)28-14(2)20(27)26-13-12-15-6-4-5-7-18(15)26/h4-11,14H,3,12-13H2,1-2H3/t14-/m1/s1. The average Bonchev–Trinajstić information content (AvgIpc) is 3.32. The number of para-hydroxylation sites is 1. The summed E-state index contributed by atoms with van der Waals surface area (Å²) < 4.78 is 2.04. The molecule has 1 aromatic heterocycles. The highest BCUT2D eigenvalue weighted by Crippen LogP contribution is 2.32. The molecule has 3 aromatic rings. The lowest BCUT2D eigenvalue weighted by atomic mass is 10.2. The molecule has 0 saturated carbocycles. The maximum Gasteiger partial charge on any atom is 0.240 e. The number of benzene rings is 2. The number of amides is 1. The van der Waals surface area contributed by atoms with Gasteiger partial charge in [-0.3, -0.25) is 4.79 Å². The first-order valence-electron chi connectivity index (χ1n) is 9.33. The quantitative estimate of drug-likeness (QED) is 0.570. The predicted molar refractivity (Wildman–Crippen MR) is 114 cm³/mol. The van der Waals surface area contributed by atoms with Crippen LogP contribution < -0.4 is 4.90 Å². The van der Waals surface area contributed by atoms with Gasteiger partial charge in [-0.05, 0) is 56.2 Å². The van der Waals surface area contributed by atoms with E-state index in [1.165, 1.54) is 17.3 Å². The molecule has 0 spiro atoms. The number of rotatable bonds is 5. The zero-order valence-electron chi connectivity index (χ0n) is 15.8. The van der Waals surface area contributed by atoms with Crippen LogP contribution in [0.5, 0.6) is 0 Å². The van der Waals surface area contributed by atoms with Crippen LogP contribution in [0.25, 0.3) is 11.4 Å². The third kappa shape index (κ3) is 3.54. The molecule has 5 nitrogen and oxygen atoms in total. The van der Waals surface area contributed by atoms with E-state index in [0.717, 1.165) is 41.7 Å². The Balaban J connectivity index is 1.54. The molecule has 0 bridgehead atoms. The molecule has 28 heavy (non-hydrogen) atoms. The molecule has 2 aromatic carbocycles. The second kappa shape index (κ2) is 7.97. The van der Waals surface area contributed by atoms with E-state index in [2.05, 4.69) is 23.2 Å². The monoisotopic (exact) mass is 412 g/mol. The van der Waals surface area contributed by atoms with E-state index in [0.29, 0.717) is 5.02 Å². The molecule has 1 aliphatic heterocycles. The fourth-order valence-electron chi connectivity index (χ4n) is 3.47. The van der Waals surface area contributed by atoms with Gasteiger partial charge in [0.15, 0.2) is 11.0 Å². The van der Waals surface area contributed by atoms with Crippen molar-refractivity contribution in [3.63, 3.8) is 0 Å². The second-order valence-electron chi connectivity index (χ2n) is 6.69. The second-order valence-corrected chi connectivity index (χ2v) is 8.43. The van der Waals surface area contributed by atoms with Gasteiger partial charge in [0.2, 0.25) is 5.91 Å². The van der Waals surface area contributed by atoms with Crippen molar-refractivity contribution in [2.24, 2.45) is 0 Å². The molecule has 2 heterocycles. The lowest BCUT2D eigenvalue weighted by Gasteiger charge is -2.21. The fraction of sp³-hybridized carbons (Fsp3) is 0.286. The molecule has 4 rings (SSSR count). The van der Waals surface area contributed by atoms with Crippen LogP contribution in [-0.2, 0) is 17.8 Å². The van der Waals surface area contributed by atoms with Crippen molar-refractivity contribution in [1.29, 1.82) is 0 Å². The Labute approximate surface area is 173 Å². The Hall–Kier alpha value is -2.31. The van der Waals surface area contributed by atoms with E-state index in [9.17, 15) is 4.79 Å². The van der Waals surface area contributed by atoms with Gasteiger partial charge in [0.05, 0.1) is 5.25 Å². The van der Waals surface area contributed by atoms with Crippen LogP contribution in [-0.4, -0.2) is 32.5 Å². The number of aromatic nitrogens is 3. The van der Waals surface area contributed by atoms with Crippen molar-refractivity contribution in [3.8, 4) is 11.4 Å². The minimum atomic E-state index is -0.251. The number of carbonyl (C=O) groups is 1. The van der Waals surface area contributed by atoms with E-state index in [1.54, 1.807) is 0 Å². The zero-order valence-corrected chi connectivity index (χ0v) is 17.4. The summed E-state index contributed by atoms with van der Waals surface area (Å²) in [4.78, 5) is 14.9. The average molecular weight is 413 g/mol. The number of anilines is 1. The van der Waals surface area contributed by atoms with Crippen LogP contribution in [0.3, 0.4) is 0 Å². The summed E-state index contributed by atoms with van der Waals surface area (Å²) in [5, 5.41) is 9.89. The fourth-order valence-corrected chi connectivity index (χ4v) is 4.57. The molecule has 7 heteroatoms. The molecule has 0 N–H and O–H groups in total. The summed E-state index contributed by atoms with van der Waals surface area (Å²) in [5.74, 6) is 0.890. The first-order chi connectivity index (χ1) is 13.6. The largest absolute Gasteiger partial charge is 0.311 e. The van der Waals surface area contributed by atoms with E-state index >= 15 is 0 Å². The zero-order chi connectivity index (χ0) is 19.7. The highest BCUT2D eigenvalue weighted by Gasteiger charge is 2.29. The molecule has 0 radical (unpaired) electrons. The van der Waals surface area contributed by atoms with Crippen molar-refractivity contribution >= 4 is 35.0 Å². The predicted octanol–water partition coefficient (Wildman–Crippen LogP) is 4.69. The van der Waals surface area contributed by atoms with E-state index in [4.69, 9.17) is 11.6 Å². The highest BCUT2D eigenvalue weighted by atomic mass is 35.5. The van der Waals surface area contributed by atoms with Crippen LogP contribution in [0, 0.1) is 0 Å². The van der Waals surface area contributed by atoms with Crippen LogP contribution >= 0.6 is 23.4 Å². The molecule has 1 aliphatic rings. The summed E-state index contributed by atoms with van der Waals surface area (Å²) in [7, 11) is 0. The van der Waals surface area contributed by atoms with Crippen molar-refractivity contribution in [3.05, 3.63) is 59.1 Å². The normalized spacial score (nSPS) is 14.2. The van der Waals surface area contributed by atoms with Crippen molar-refractivity contribution in [2.45, 2.75) is 37.2 Å².